The van der Waals surface area contributed by atoms with Crippen LogP contribution in [0.1, 0.15) is 0 Å². The van der Waals surface area contributed by atoms with Crippen molar-refractivity contribution in [3.63, 3.8) is 0 Å². The quantitative estimate of drug-likeness (QED) is 0.698. The Morgan fingerprint density at radius 3 is 2.25 bits per heavy atom. The molecule has 1 aromatic heterocycles. The predicted molar refractivity (Wildman–Crippen MR) is 75.8 cm³/mol. The van der Waals surface area contributed by atoms with Gasteiger partial charge >= 0.3 is 5.63 Å². The monoisotopic (exact) mass is 266 g/mol. The highest BCUT2D eigenvalue weighted by atomic mass is 19.1. The summed E-state index contributed by atoms with van der Waals surface area (Å²) >= 11 is 0. The van der Waals surface area contributed by atoms with Crippen molar-refractivity contribution in [2.45, 2.75) is 0 Å². The molecule has 0 spiro atoms. The van der Waals surface area contributed by atoms with Crippen molar-refractivity contribution >= 4 is 0 Å². The van der Waals surface area contributed by atoms with Gasteiger partial charge in [0, 0.05) is 17.2 Å². The molecule has 3 rings (SSSR count). The molecule has 0 saturated heterocycles. The molecule has 2 aromatic carbocycles. The molecule has 1 heterocycles. The molecule has 20 heavy (non-hydrogen) atoms. The first-order chi connectivity index (χ1) is 9.74. The third kappa shape index (κ3) is 2.38. The lowest BCUT2D eigenvalue weighted by Gasteiger charge is -2.05. The molecule has 3 heteroatoms. The number of benzene rings is 2. The second-order valence-electron chi connectivity index (χ2n) is 4.38. The normalized spacial score (nSPS) is 10.4. The van der Waals surface area contributed by atoms with Crippen LogP contribution in [-0.2, 0) is 0 Å². The van der Waals surface area contributed by atoms with E-state index >= 15 is 0 Å². The summed E-state index contributed by atoms with van der Waals surface area (Å²) in [5, 5.41) is 0. The smallest absolute Gasteiger partial charge is 0.336 e. The van der Waals surface area contributed by atoms with Gasteiger partial charge in [0.2, 0.25) is 0 Å². The summed E-state index contributed by atoms with van der Waals surface area (Å²) in [7, 11) is 0. The molecule has 0 aliphatic rings. The van der Waals surface area contributed by atoms with Gasteiger partial charge in [0.05, 0.1) is 0 Å². The van der Waals surface area contributed by atoms with E-state index in [9.17, 15) is 9.18 Å². The van der Waals surface area contributed by atoms with Gasteiger partial charge in [-0.2, -0.15) is 0 Å². The fourth-order valence-corrected chi connectivity index (χ4v) is 2.07. The van der Waals surface area contributed by atoms with Crippen molar-refractivity contribution in [1.82, 2.24) is 0 Å². The number of hydrogen-bond acceptors (Lipinski definition) is 2. The first-order valence-corrected chi connectivity index (χ1v) is 6.19. The van der Waals surface area contributed by atoms with E-state index in [0.717, 1.165) is 5.56 Å². The van der Waals surface area contributed by atoms with Gasteiger partial charge in [-0.1, -0.05) is 48.5 Å². The Morgan fingerprint density at radius 2 is 1.50 bits per heavy atom. The van der Waals surface area contributed by atoms with Gasteiger partial charge in [-0.25, -0.2) is 9.18 Å². The minimum Gasteiger partial charge on any atom is -0.423 e. The molecule has 2 nitrogen and oxygen atoms in total. The average molecular weight is 266 g/mol. The zero-order valence-electron chi connectivity index (χ0n) is 10.5. The van der Waals surface area contributed by atoms with Gasteiger partial charge in [-0.15, -0.1) is 0 Å². The van der Waals surface area contributed by atoms with Gasteiger partial charge in [0.25, 0.3) is 0 Å². The maximum atomic E-state index is 13.8. The highest BCUT2D eigenvalue weighted by molar-refractivity contribution is 5.69. The molecular weight excluding hydrogens is 255 g/mol. The summed E-state index contributed by atoms with van der Waals surface area (Å²) in [6, 6.07) is 18.6. The molecule has 0 saturated carbocycles. The Labute approximate surface area is 115 Å². The molecule has 0 amide bonds. The van der Waals surface area contributed by atoms with Crippen LogP contribution in [0.15, 0.2) is 75.9 Å². The first-order valence-electron chi connectivity index (χ1n) is 6.19. The lowest BCUT2D eigenvalue weighted by molar-refractivity contribution is 0.526. The number of halogens is 1. The average Bonchev–Trinajstić information content (AvgIpc) is 2.48. The Kier molecular flexibility index (Phi) is 3.17. The molecule has 98 valence electrons. The van der Waals surface area contributed by atoms with Gasteiger partial charge < -0.3 is 4.42 Å². The molecular formula is C17H11FO2. The van der Waals surface area contributed by atoms with Crippen LogP contribution in [0.2, 0.25) is 0 Å². The van der Waals surface area contributed by atoms with Crippen LogP contribution in [0.3, 0.4) is 0 Å². The zero-order chi connectivity index (χ0) is 13.9. The lowest BCUT2D eigenvalue weighted by atomic mass is 10.0. The van der Waals surface area contributed by atoms with Crippen molar-refractivity contribution in [1.29, 1.82) is 0 Å². The topological polar surface area (TPSA) is 30.2 Å². The van der Waals surface area contributed by atoms with Crippen LogP contribution in [0.25, 0.3) is 22.5 Å². The summed E-state index contributed by atoms with van der Waals surface area (Å²) in [5.74, 6) is 0.0634. The summed E-state index contributed by atoms with van der Waals surface area (Å²) in [6.45, 7) is 0. The van der Waals surface area contributed by atoms with Crippen molar-refractivity contribution in [2.75, 3.05) is 0 Å². The maximum absolute atomic E-state index is 13.8. The van der Waals surface area contributed by atoms with Crippen molar-refractivity contribution in [2.24, 2.45) is 0 Å². The third-order valence-corrected chi connectivity index (χ3v) is 3.01. The van der Waals surface area contributed by atoms with E-state index in [1.165, 1.54) is 12.1 Å². The zero-order valence-corrected chi connectivity index (χ0v) is 10.5. The van der Waals surface area contributed by atoms with Crippen molar-refractivity contribution in [3.05, 3.63) is 83.0 Å². The van der Waals surface area contributed by atoms with Crippen molar-refractivity contribution in [3.8, 4) is 22.5 Å². The molecule has 3 aromatic rings. The summed E-state index contributed by atoms with van der Waals surface area (Å²) in [5.41, 5.74) is 1.18. The molecule has 0 radical (unpaired) electrons. The minimum absolute atomic E-state index is 0.364. The van der Waals surface area contributed by atoms with Crippen LogP contribution >= 0.6 is 0 Å². The van der Waals surface area contributed by atoms with E-state index in [0.29, 0.717) is 16.9 Å². The first kappa shape index (κ1) is 12.4. The van der Waals surface area contributed by atoms with Crippen LogP contribution in [0, 0.1) is 5.82 Å². The van der Waals surface area contributed by atoms with E-state index in [1.807, 2.05) is 30.3 Å². The second-order valence-corrected chi connectivity index (χ2v) is 4.38. The van der Waals surface area contributed by atoms with Gasteiger partial charge in [-0.05, 0) is 17.7 Å². The van der Waals surface area contributed by atoms with E-state index < -0.39 is 5.63 Å². The van der Waals surface area contributed by atoms with Crippen LogP contribution < -0.4 is 5.63 Å². The fourth-order valence-electron chi connectivity index (χ4n) is 2.07. The van der Waals surface area contributed by atoms with E-state index in [4.69, 9.17) is 4.42 Å². The maximum Gasteiger partial charge on any atom is 0.336 e. The standard InChI is InChI=1S/C17H11FO2/c18-15-9-5-4-8-14(15)13-10-16(20-17(19)11-13)12-6-2-1-3-7-12/h1-11H. The van der Waals surface area contributed by atoms with E-state index in [1.54, 1.807) is 24.3 Å². The van der Waals surface area contributed by atoms with Crippen LogP contribution in [-0.4, -0.2) is 0 Å². The summed E-state index contributed by atoms with van der Waals surface area (Å²) in [6.07, 6.45) is 0. The third-order valence-electron chi connectivity index (χ3n) is 3.01. The molecule has 0 unspecified atom stereocenters. The molecule has 0 fully saturated rings. The Hall–Kier alpha value is -2.68. The van der Waals surface area contributed by atoms with E-state index in [2.05, 4.69) is 0 Å². The van der Waals surface area contributed by atoms with Gasteiger partial charge in [0.15, 0.2) is 0 Å². The summed E-state index contributed by atoms with van der Waals surface area (Å²) < 4.78 is 19.0. The molecule has 0 atom stereocenters. The minimum atomic E-state index is -0.496. The number of rotatable bonds is 2. The Balaban J connectivity index is 2.18. The Morgan fingerprint density at radius 1 is 0.800 bits per heavy atom. The van der Waals surface area contributed by atoms with E-state index in [-0.39, 0.29) is 5.82 Å². The summed E-state index contributed by atoms with van der Waals surface area (Å²) in [4.78, 5) is 11.7. The molecule has 0 bridgehead atoms. The molecule has 0 N–H and O–H groups in total. The predicted octanol–water partition coefficient (Wildman–Crippen LogP) is 4.11. The van der Waals surface area contributed by atoms with Gasteiger partial charge in [0.1, 0.15) is 11.6 Å². The number of hydrogen-bond donors (Lipinski definition) is 0. The SMILES string of the molecule is O=c1cc(-c2ccccc2F)cc(-c2ccccc2)o1. The van der Waals surface area contributed by atoms with Gasteiger partial charge in [-0.3, -0.25) is 0 Å². The largest absolute Gasteiger partial charge is 0.423 e. The van der Waals surface area contributed by atoms with Crippen LogP contribution in [0.5, 0.6) is 0 Å². The second kappa shape index (κ2) is 5.13. The Bertz CT molecular complexity index is 791. The lowest BCUT2D eigenvalue weighted by Crippen LogP contribution is -1.99. The highest BCUT2D eigenvalue weighted by Gasteiger charge is 2.09. The van der Waals surface area contributed by atoms with Crippen molar-refractivity contribution < 1.29 is 8.81 Å². The highest BCUT2D eigenvalue weighted by Crippen LogP contribution is 2.26. The molecule has 0 aliphatic heterocycles. The fraction of sp³-hybridized carbons (Fsp3) is 0. The van der Waals surface area contributed by atoms with Crippen LogP contribution in [0.4, 0.5) is 4.39 Å². The molecule has 0 aliphatic carbocycles.